The van der Waals surface area contributed by atoms with E-state index in [4.69, 9.17) is 9.47 Å². The van der Waals surface area contributed by atoms with Crippen molar-refractivity contribution < 1.29 is 19.1 Å². The normalized spacial score (nSPS) is 16.9. The molecule has 1 aliphatic rings. The summed E-state index contributed by atoms with van der Waals surface area (Å²) < 4.78 is 10.2. The molecule has 22 heavy (non-hydrogen) atoms. The van der Waals surface area contributed by atoms with Crippen molar-refractivity contribution in [3.63, 3.8) is 0 Å². The SMILES string of the molecule is COC(=O)c1ccc2c(c1)C(N(C)C(=O)OC(C)(C)C)CC2. The molecule has 0 heterocycles. The summed E-state index contributed by atoms with van der Waals surface area (Å²) in [6.45, 7) is 5.53. The third kappa shape index (κ3) is 3.40. The van der Waals surface area contributed by atoms with Crippen LogP contribution in [0.15, 0.2) is 18.2 Å². The molecule has 1 aliphatic carbocycles. The van der Waals surface area contributed by atoms with Gasteiger partial charge in [0.05, 0.1) is 18.7 Å². The lowest BCUT2D eigenvalue weighted by atomic mass is 10.0. The van der Waals surface area contributed by atoms with Gasteiger partial charge < -0.3 is 14.4 Å². The molecule has 0 N–H and O–H groups in total. The molecule has 0 saturated carbocycles. The zero-order valence-corrected chi connectivity index (χ0v) is 13.8. The van der Waals surface area contributed by atoms with Crippen molar-refractivity contribution in [3.05, 3.63) is 34.9 Å². The minimum atomic E-state index is -0.527. The van der Waals surface area contributed by atoms with Gasteiger partial charge in [-0.25, -0.2) is 9.59 Å². The molecule has 0 spiro atoms. The summed E-state index contributed by atoms with van der Waals surface area (Å²) in [7, 11) is 3.10. The van der Waals surface area contributed by atoms with E-state index in [2.05, 4.69) is 0 Å². The van der Waals surface area contributed by atoms with Crippen LogP contribution in [-0.2, 0) is 15.9 Å². The second-order valence-corrected chi connectivity index (χ2v) is 6.55. The van der Waals surface area contributed by atoms with Crippen LogP contribution in [0.2, 0.25) is 0 Å². The molecule has 0 aromatic heterocycles. The first-order chi connectivity index (χ1) is 10.2. The highest BCUT2D eigenvalue weighted by Gasteiger charge is 2.31. The second-order valence-electron chi connectivity index (χ2n) is 6.55. The summed E-state index contributed by atoms with van der Waals surface area (Å²) in [6.07, 6.45) is 1.36. The van der Waals surface area contributed by atoms with Crippen molar-refractivity contribution in [1.29, 1.82) is 0 Å². The first kappa shape index (κ1) is 16.3. The molecule has 1 aromatic rings. The number of hydrogen-bond acceptors (Lipinski definition) is 4. The van der Waals surface area contributed by atoms with Gasteiger partial charge in [0.15, 0.2) is 0 Å². The van der Waals surface area contributed by atoms with Crippen LogP contribution in [0.5, 0.6) is 0 Å². The first-order valence-corrected chi connectivity index (χ1v) is 7.40. The maximum atomic E-state index is 12.2. The van der Waals surface area contributed by atoms with Gasteiger partial charge in [0.2, 0.25) is 0 Å². The monoisotopic (exact) mass is 305 g/mol. The number of carbonyl (C=O) groups excluding carboxylic acids is 2. The average molecular weight is 305 g/mol. The van der Waals surface area contributed by atoms with E-state index < -0.39 is 5.60 Å². The number of nitrogens with zero attached hydrogens (tertiary/aromatic N) is 1. The average Bonchev–Trinajstić information content (AvgIpc) is 2.86. The van der Waals surface area contributed by atoms with E-state index in [9.17, 15) is 9.59 Å². The molecule has 120 valence electrons. The standard InChI is InChI=1S/C17H23NO4/c1-17(2,3)22-16(20)18(4)14-9-8-11-6-7-12(10-13(11)14)15(19)21-5/h6-7,10,14H,8-9H2,1-5H3. The summed E-state index contributed by atoms with van der Waals surface area (Å²) >= 11 is 0. The van der Waals surface area contributed by atoms with Crippen molar-refractivity contribution in [2.24, 2.45) is 0 Å². The fourth-order valence-corrected chi connectivity index (χ4v) is 2.69. The molecular weight excluding hydrogens is 282 g/mol. The van der Waals surface area contributed by atoms with E-state index >= 15 is 0 Å². The molecule has 2 rings (SSSR count). The van der Waals surface area contributed by atoms with Gasteiger partial charge in [0, 0.05) is 7.05 Å². The predicted molar refractivity (Wildman–Crippen MR) is 82.8 cm³/mol. The van der Waals surface area contributed by atoms with Gasteiger partial charge in [-0.3, -0.25) is 0 Å². The molecule has 1 atom stereocenters. The Morgan fingerprint density at radius 2 is 1.95 bits per heavy atom. The number of methoxy groups -OCH3 is 1. The van der Waals surface area contributed by atoms with E-state index in [0.29, 0.717) is 5.56 Å². The molecule has 0 saturated heterocycles. The van der Waals surface area contributed by atoms with Crippen LogP contribution in [0.25, 0.3) is 0 Å². The Labute approximate surface area is 131 Å². The third-order valence-electron chi connectivity index (χ3n) is 3.76. The Balaban J connectivity index is 2.23. The topological polar surface area (TPSA) is 55.8 Å². The van der Waals surface area contributed by atoms with Crippen LogP contribution in [-0.4, -0.2) is 36.7 Å². The van der Waals surface area contributed by atoms with Crippen molar-refractivity contribution >= 4 is 12.1 Å². The Hall–Kier alpha value is -2.04. The summed E-state index contributed by atoms with van der Waals surface area (Å²) in [5, 5.41) is 0. The highest BCUT2D eigenvalue weighted by Crippen LogP contribution is 2.36. The van der Waals surface area contributed by atoms with Crippen LogP contribution < -0.4 is 0 Å². The molecular formula is C17H23NO4. The van der Waals surface area contributed by atoms with Gasteiger partial charge in [-0.2, -0.15) is 0 Å². The molecule has 1 aromatic carbocycles. The quantitative estimate of drug-likeness (QED) is 0.786. The van der Waals surface area contributed by atoms with Crippen LogP contribution in [0.1, 0.15) is 54.7 Å². The number of esters is 1. The fraction of sp³-hybridized carbons (Fsp3) is 0.529. The number of aryl methyl sites for hydroxylation is 1. The van der Waals surface area contributed by atoms with Gasteiger partial charge in [-0.15, -0.1) is 0 Å². The second kappa shape index (κ2) is 5.99. The number of carbonyl (C=O) groups is 2. The molecule has 0 fully saturated rings. The van der Waals surface area contributed by atoms with Gasteiger partial charge in [0.1, 0.15) is 5.60 Å². The largest absolute Gasteiger partial charge is 0.465 e. The van der Waals surface area contributed by atoms with Gasteiger partial charge in [-0.05, 0) is 56.9 Å². The lowest BCUT2D eigenvalue weighted by molar-refractivity contribution is 0.0220. The minimum absolute atomic E-state index is 0.0746. The molecule has 5 nitrogen and oxygen atoms in total. The van der Waals surface area contributed by atoms with Crippen molar-refractivity contribution in [3.8, 4) is 0 Å². The predicted octanol–water partition coefficient (Wildman–Crippen LogP) is 3.33. The Bertz CT molecular complexity index is 589. The maximum Gasteiger partial charge on any atom is 0.410 e. The number of amides is 1. The molecule has 1 unspecified atom stereocenters. The van der Waals surface area contributed by atoms with Crippen LogP contribution in [0, 0.1) is 0 Å². The molecule has 0 radical (unpaired) electrons. The van der Waals surface area contributed by atoms with E-state index in [0.717, 1.165) is 24.0 Å². The highest BCUT2D eigenvalue weighted by atomic mass is 16.6. The molecule has 1 amide bonds. The van der Waals surface area contributed by atoms with E-state index in [1.807, 2.05) is 32.9 Å². The summed E-state index contributed by atoms with van der Waals surface area (Å²) in [4.78, 5) is 25.5. The van der Waals surface area contributed by atoms with E-state index in [-0.39, 0.29) is 18.1 Å². The highest BCUT2D eigenvalue weighted by molar-refractivity contribution is 5.89. The summed E-state index contributed by atoms with van der Waals surface area (Å²) in [5.74, 6) is -0.367. The third-order valence-corrected chi connectivity index (χ3v) is 3.76. The lowest BCUT2D eigenvalue weighted by Crippen LogP contribution is -2.36. The van der Waals surface area contributed by atoms with Crippen molar-refractivity contribution in [2.75, 3.05) is 14.2 Å². The van der Waals surface area contributed by atoms with E-state index in [1.54, 1.807) is 18.0 Å². The molecule has 0 bridgehead atoms. The maximum absolute atomic E-state index is 12.2. The number of rotatable bonds is 2. The summed E-state index contributed by atoms with van der Waals surface area (Å²) in [5.41, 5.74) is 2.13. The number of fused-ring (bicyclic) bond motifs is 1. The van der Waals surface area contributed by atoms with E-state index in [1.165, 1.54) is 7.11 Å². The Morgan fingerprint density at radius 3 is 2.55 bits per heavy atom. The van der Waals surface area contributed by atoms with Crippen LogP contribution in [0.3, 0.4) is 0 Å². The van der Waals surface area contributed by atoms with Gasteiger partial charge in [0.25, 0.3) is 0 Å². The summed E-state index contributed by atoms with van der Waals surface area (Å²) in [6, 6.07) is 5.44. The molecule has 5 heteroatoms. The number of ether oxygens (including phenoxy) is 2. The molecule has 0 aliphatic heterocycles. The number of benzene rings is 1. The van der Waals surface area contributed by atoms with Crippen LogP contribution >= 0.6 is 0 Å². The van der Waals surface area contributed by atoms with Crippen molar-refractivity contribution in [2.45, 2.75) is 45.3 Å². The Kier molecular flexibility index (Phi) is 4.44. The van der Waals surface area contributed by atoms with Crippen molar-refractivity contribution in [1.82, 2.24) is 4.90 Å². The van der Waals surface area contributed by atoms with Gasteiger partial charge >= 0.3 is 12.1 Å². The van der Waals surface area contributed by atoms with Crippen LogP contribution in [0.4, 0.5) is 4.79 Å². The Morgan fingerprint density at radius 1 is 1.27 bits per heavy atom. The van der Waals surface area contributed by atoms with Gasteiger partial charge in [-0.1, -0.05) is 6.07 Å². The minimum Gasteiger partial charge on any atom is -0.465 e. The zero-order chi connectivity index (χ0) is 16.5. The first-order valence-electron chi connectivity index (χ1n) is 7.40. The smallest absolute Gasteiger partial charge is 0.410 e. The lowest BCUT2D eigenvalue weighted by Gasteiger charge is -2.29. The fourth-order valence-electron chi connectivity index (χ4n) is 2.69. The number of hydrogen-bond donors (Lipinski definition) is 0. The zero-order valence-electron chi connectivity index (χ0n) is 13.8.